The van der Waals surface area contributed by atoms with Crippen LogP contribution in [0.2, 0.25) is 0 Å². The Labute approximate surface area is 74.1 Å². The van der Waals surface area contributed by atoms with Crippen LogP contribution in [0.5, 0.6) is 0 Å². The van der Waals surface area contributed by atoms with Gasteiger partial charge in [-0.3, -0.25) is 0 Å². The van der Waals surface area contributed by atoms with Gasteiger partial charge in [0, 0.05) is 12.2 Å². The Kier molecular flexibility index (Phi) is 5.49. The summed E-state index contributed by atoms with van der Waals surface area (Å²) < 4.78 is 4.41. The molecule has 0 spiro atoms. The molecule has 0 aromatic heterocycles. The van der Waals surface area contributed by atoms with Crippen LogP contribution in [0.25, 0.3) is 0 Å². The second-order valence-corrected chi connectivity index (χ2v) is 2.10. The van der Waals surface area contributed by atoms with Crippen molar-refractivity contribution in [2.45, 2.75) is 6.10 Å². The van der Waals surface area contributed by atoms with E-state index in [0.29, 0.717) is 12.2 Å². The van der Waals surface area contributed by atoms with E-state index >= 15 is 0 Å². The fraction of sp³-hybridized carbons (Fsp3) is 0.429. The predicted molar refractivity (Wildman–Crippen MR) is 40.8 cm³/mol. The molecule has 74 valence electrons. The molecule has 0 rings (SSSR count). The van der Waals surface area contributed by atoms with Crippen molar-refractivity contribution in [2.24, 2.45) is 0 Å². The zero-order valence-corrected chi connectivity index (χ0v) is 6.71. The highest BCUT2D eigenvalue weighted by molar-refractivity contribution is 5.90. The van der Waals surface area contributed by atoms with Crippen molar-refractivity contribution in [1.82, 2.24) is 0 Å². The highest BCUT2D eigenvalue weighted by Crippen LogP contribution is 1.91. The molecular formula is C7H10O6. The van der Waals surface area contributed by atoms with Crippen LogP contribution < -0.4 is 0 Å². The molecular weight excluding hydrogens is 180 g/mol. The molecule has 0 bridgehead atoms. The Morgan fingerprint density at radius 3 is 2.15 bits per heavy atom. The average Bonchev–Trinajstić information content (AvgIpc) is 2.10. The Balaban J connectivity index is 3.92. The summed E-state index contributed by atoms with van der Waals surface area (Å²) in [7, 11) is 0. The Morgan fingerprint density at radius 1 is 1.23 bits per heavy atom. The van der Waals surface area contributed by atoms with Gasteiger partial charge in [0.15, 0.2) is 0 Å². The first-order valence-corrected chi connectivity index (χ1v) is 3.43. The van der Waals surface area contributed by atoms with E-state index in [1.807, 2.05) is 0 Å². The van der Waals surface area contributed by atoms with Crippen LogP contribution in [0.3, 0.4) is 0 Å². The predicted octanol–water partition coefficient (Wildman–Crippen LogP) is -1.48. The number of rotatable bonds is 5. The number of carbonyl (C=O) groups excluding carboxylic acids is 1. The summed E-state index contributed by atoms with van der Waals surface area (Å²) in [6.07, 6.45) is 0.292. The molecule has 0 aromatic carbocycles. The zero-order chi connectivity index (χ0) is 10.3. The number of esters is 1. The van der Waals surface area contributed by atoms with Crippen LogP contribution >= 0.6 is 0 Å². The van der Waals surface area contributed by atoms with Gasteiger partial charge in [0.2, 0.25) is 0 Å². The number of carboxylic acid groups (broad SMARTS) is 1. The van der Waals surface area contributed by atoms with Gasteiger partial charge in [-0.05, 0) is 0 Å². The van der Waals surface area contributed by atoms with Crippen LogP contribution in [0.4, 0.5) is 0 Å². The lowest BCUT2D eigenvalue weighted by Gasteiger charge is -2.09. The largest absolute Gasteiger partial charge is 0.478 e. The molecule has 0 amide bonds. The summed E-state index contributed by atoms with van der Waals surface area (Å²) >= 11 is 0. The molecule has 0 radical (unpaired) electrons. The number of aliphatic hydroxyl groups is 2. The van der Waals surface area contributed by atoms with E-state index < -0.39 is 31.3 Å². The summed E-state index contributed by atoms with van der Waals surface area (Å²) in [6, 6.07) is 0. The van der Waals surface area contributed by atoms with Gasteiger partial charge in [-0.1, -0.05) is 0 Å². The molecule has 0 saturated carbocycles. The molecule has 0 atom stereocenters. The molecule has 0 saturated heterocycles. The Bertz CT molecular complexity index is 205. The van der Waals surface area contributed by atoms with Gasteiger partial charge in [-0.25, -0.2) is 9.59 Å². The first-order chi connectivity index (χ1) is 6.10. The molecule has 0 fully saturated rings. The third-order valence-corrected chi connectivity index (χ3v) is 1.05. The molecule has 0 heterocycles. The summed E-state index contributed by atoms with van der Waals surface area (Å²) in [5.41, 5.74) is 0. The Hall–Kier alpha value is -1.40. The SMILES string of the molecule is O=C(O)/C=C/C(=O)OC(CO)CO. The molecule has 6 nitrogen and oxygen atoms in total. The first kappa shape index (κ1) is 11.6. The molecule has 0 aromatic rings. The zero-order valence-electron chi connectivity index (χ0n) is 6.71. The van der Waals surface area contributed by atoms with Gasteiger partial charge in [-0.15, -0.1) is 0 Å². The van der Waals surface area contributed by atoms with Gasteiger partial charge in [0.1, 0.15) is 6.10 Å². The molecule has 0 aliphatic heterocycles. The van der Waals surface area contributed by atoms with E-state index in [4.69, 9.17) is 15.3 Å². The minimum Gasteiger partial charge on any atom is -0.478 e. The number of hydrogen-bond acceptors (Lipinski definition) is 5. The van der Waals surface area contributed by atoms with E-state index in [1.54, 1.807) is 0 Å². The van der Waals surface area contributed by atoms with Crippen LogP contribution in [-0.4, -0.2) is 46.6 Å². The molecule has 6 heteroatoms. The number of aliphatic hydroxyl groups excluding tert-OH is 2. The lowest BCUT2D eigenvalue weighted by molar-refractivity contribution is -0.147. The fourth-order valence-corrected chi connectivity index (χ4v) is 0.475. The van der Waals surface area contributed by atoms with Gasteiger partial charge in [-0.2, -0.15) is 0 Å². The standard InChI is InChI=1S/C7H10O6/c8-3-5(4-9)13-7(12)2-1-6(10)11/h1-2,5,8-9H,3-4H2,(H,10,11)/b2-1+. The third-order valence-electron chi connectivity index (χ3n) is 1.05. The minimum absolute atomic E-state index is 0.511. The minimum atomic E-state index is -1.28. The topological polar surface area (TPSA) is 104 Å². The number of hydrogen-bond donors (Lipinski definition) is 3. The van der Waals surface area contributed by atoms with Crippen molar-refractivity contribution in [2.75, 3.05) is 13.2 Å². The fourth-order valence-electron chi connectivity index (χ4n) is 0.475. The van der Waals surface area contributed by atoms with Crippen molar-refractivity contribution >= 4 is 11.9 Å². The second-order valence-electron chi connectivity index (χ2n) is 2.10. The first-order valence-electron chi connectivity index (χ1n) is 3.43. The molecule has 3 N–H and O–H groups in total. The van der Waals surface area contributed by atoms with Crippen molar-refractivity contribution in [3.63, 3.8) is 0 Å². The van der Waals surface area contributed by atoms with E-state index in [0.717, 1.165) is 0 Å². The van der Waals surface area contributed by atoms with E-state index in [2.05, 4.69) is 4.74 Å². The van der Waals surface area contributed by atoms with Crippen molar-refractivity contribution in [3.8, 4) is 0 Å². The van der Waals surface area contributed by atoms with E-state index in [1.165, 1.54) is 0 Å². The monoisotopic (exact) mass is 190 g/mol. The maximum atomic E-state index is 10.7. The van der Waals surface area contributed by atoms with Gasteiger partial charge in [0.25, 0.3) is 0 Å². The number of aliphatic carboxylic acids is 1. The Morgan fingerprint density at radius 2 is 1.77 bits per heavy atom. The average molecular weight is 190 g/mol. The van der Waals surface area contributed by atoms with Crippen molar-refractivity contribution < 1.29 is 29.6 Å². The molecule has 13 heavy (non-hydrogen) atoms. The second kappa shape index (κ2) is 6.15. The van der Waals surface area contributed by atoms with Gasteiger partial charge < -0.3 is 20.1 Å². The van der Waals surface area contributed by atoms with Crippen LogP contribution in [0.1, 0.15) is 0 Å². The molecule has 0 unspecified atom stereocenters. The lowest BCUT2D eigenvalue weighted by Crippen LogP contribution is -2.24. The quantitative estimate of drug-likeness (QED) is 0.361. The smallest absolute Gasteiger partial charge is 0.331 e. The maximum absolute atomic E-state index is 10.7. The van der Waals surface area contributed by atoms with Gasteiger partial charge >= 0.3 is 11.9 Å². The highest BCUT2D eigenvalue weighted by atomic mass is 16.6. The summed E-state index contributed by atoms with van der Waals surface area (Å²) in [6.45, 7) is -1.02. The summed E-state index contributed by atoms with van der Waals surface area (Å²) in [5.74, 6) is -2.20. The number of carboxylic acids is 1. The normalized spacial score (nSPS) is 10.7. The van der Waals surface area contributed by atoms with Crippen LogP contribution in [-0.2, 0) is 14.3 Å². The van der Waals surface area contributed by atoms with Crippen LogP contribution in [0, 0.1) is 0 Å². The third kappa shape index (κ3) is 5.83. The van der Waals surface area contributed by atoms with Crippen LogP contribution in [0.15, 0.2) is 12.2 Å². The van der Waals surface area contributed by atoms with E-state index in [-0.39, 0.29) is 0 Å². The highest BCUT2D eigenvalue weighted by Gasteiger charge is 2.09. The number of ether oxygens (including phenoxy) is 1. The molecule has 0 aliphatic carbocycles. The lowest BCUT2D eigenvalue weighted by atomic mass is 10.4. The van der Waals surface area contributed by atoms with Gasteiger partial charge in [0.05, 0.1) is 13.2 Å². The molecule has 0 aliphatic rings. The van der Waals surface area contributed by atoms with E-state index in [9.17, 15) is 9.59 Å². The van der Waals surface area contributed by atoms with Crippen molar-refractivity contribution in [1.29, 1.82) is 0 Å². The maximum Gasteiger partial charge on any atom is 0.331 e. The van der Waals surface area contributed by atoms with Crippen molar-refractivity contribution in [3.05, 3.63) is 12.2 Å². The summed E-state index contributed by atoms with van der Waals surface area (Å²) in [5, 5.41) is 25.1. The number of carbonyl (C=O) groups is 2. The summed E-state index contributed by atoms with van der Waals surface area (Å²) in [4.78, 5) is 20.6.